The molecule has 16 heavy (non-hydrogen) atoms. The van der Waals surface area contributed by atoms with E-state index in [0.29, 0.717) is 0 Å². The smallest absolute Gasteiger partial charge is 0.303 e. The first-order chi connectivity index (χ1) is 7.39. The minimum Gasteiger partial charge on any atom is -0.481 e. The summed E-state index contributed by atoms with van der Waals surface area (Å²) in [6, 6.07) is -0.415. The van der Waals surface area contributed by atoms with E-state index < -0.39 is 22.0 Å². The summed E-state index contributed by atoms with van der Waals surface area (Å²) in [5.74, 6) is -1.43. The molecule has 0 aliphatic carbocycles. The summed E-state index contributed by atoms with van der Waals surface area (Å²) in [7, 11) is -3.49. The predicted molar refractivity (Wildman–Crippen MR) is 55.2 cm³/mol. The van der Waals surface area contributed by atoms with Gasteiger partial charge in [0.25, 0.3) is 0 Å². The first-order valence-electron chi connectivity index (χ1n) is 4.87. The maximum Gasteiger partial charge on any atom is 0.303 e. The number of carboxylic acids is 1. The van der Waals surface area contributed by atoms with Crippen LogP contribution in [-0.2, 0) is 19.6 Å². The largest absolute Gasteiger partial charge is 0.481 e. The predicted octanol–water partition coefficient (Wildman–Crippen LogP) is -1.34. The van der Waals surface area contributed by atoms with Gasteiger partial charge in [-0.1, -0.05) is 0 Å². The van der Waals surface area contributed by atoms with Gasteiger partial charge in [0, 0.05) is 25.4 Å². The van der Waals surface area contributed by atoms with Crippen molar-refractivity contribution in [2.24, 2.45) is 0 Å². The van der Waals surface area contributed by atoms with Crippen molar-refractivity contribution in [1.82, 2.24) is 10.0 Å². The van der Waals surface area contributed by atoms with Gasteiger partial charge in [-0.2, -0.15) is 0 Å². The number of hydrogen-bond acceptors (Lipinski definition) is 4. The second kappa shape index (κ2) is 5.26. The lowest BCUT2D eigenvalue weighted by Crippen LogP contribution is -2.37. The number of aliphatic carboxylic acids is 1. The molecular formula is C8H14N2O5S. The third-order valence-corrected chi connectivity index (χ3v) is 3.65. The van der Waals surface area contributed by atoms with Gasteiger partial charge >= 0.3 is 5.97 Å². The summed E-state index contributed by atoms with van der Waals surface area (Å²) in [4.78, 5) is 21.0. The Morgan fingerprint density at radius 3 is 2.75 bits per heavy atom. The van der Waals surface area contributed by atoms with Gasteiger partial charge in [-0.3, -0.25) is 9.59 Å². The van der Waals surface area contributed by atoms with Crippen molar-refractivity contribution in [1.29, 1.82) is 0 Å². The number of rotatable bonds is 6. The van der Waals surface area contributed by atoms with E-state index in [-0.39, 0.29) is 37.5 Å². The molecule has 8 heteroatoms. The molecule has 1 amide bonds. The minimum atomic E-state index is -3.49. The average Bonchev–Trinajstić information content (AvgIpc) is 2.48. The number of carboxylic acid groups (broad SMARTS) is 1. The van der Waals surface area contributed by atoms with E-state index in [0.717, 1.165) is 0 Å². The van der Waals surface area contributed by atoms with Crippen LogP contribution in [0.4, 0.5) is 0 Å². The Bertz CT molecular complexity index is 378. The third kappa shape index (κ3) is 4.58. The fourth-order valence-electron chi connectivity index (χ4n) is 1.41. The van der Waals surface area contributed by atoms with E-state index in [1.165, 1.54) is 0 Å². The number of amides is 1. The Kier molecular flexibility index (Phi) is 4.25. The summed E-state index contributed by atoms with van der Waals surface area (Å²) in [6.45, 7) is 0.289. The molecule has 0 aromatic heterocycles. The maximum absolute atomic E-state index is 11.4. The highest BCUT2D eigenvalue weighted by Gasteiger charge is 2.25. The SMILES string of the molecule is O=C(O)CCCS(=O)(=O)NC1CNC(=O)C1. The van der Waals surface area contributed by atoms with Crippen LogP contribution in [-0.4, -0.2) is 43.7 Å². The molecule has 1 fully saturated rings. The summed E-state index contributed by atoms with van der Waals surface area (Å²) in [5.41, 5.74) is 0. The number of nitrogens with one attached hydrogen (secondary N) is 2. The van der Waals surface area contributed by atoms with Crippen LogP contribution in [0.1, 0.15) is 19.3 Å². The molecule has 0 aromatic rings. The molecule has 0 aromatic carbocycles. The van der Waals surface area contributed by atoms with Gasteiger partial charge in [0.1, 0.15) is 0 Å². The lowest BCUT2D eigenvalue weighted by atomic mass is 10.3. The molecule has 92 valence electrons. The molecule has 1 unspecified atom stereocenters. The molecule has 1 heterocycles. The lowest BCUT2D eigenvalue weighted by molar-refractivity contribution is -0.137. The molecular weight excluding hydrogens is 236 g/mol. The molecule has 1 aliphatic rings. The van der Waals surface area contributed by atoms with Crippen molar-refractivity contribution >= 4 is 21.9 Å². The number of carbonyl (C=O) groups is 2. The number of sulfonamides is 1. The van der Waals surface area contributed by atoms with Crippen LogP contribution in [0.25, 0.3) is 0 Å². The Morgan fingerprint density at radius 1 is 1.56 bits per heavy atom. The van der Waals surface area contributed by atoms with Gasteiger partial charge in [-0.05, 0) is 6.42 Å². The first kappa shape index (κ1) is 12.9. The second-order valence-electron chi connectivity index (χ2n) is 3.64. The van der Waals surface area contributed by atoms with E-state index in [1.807, 2.05) is 0 Å². The summed E-state index contributed by atoms with van der Waals surface area (Å²) in [6.07, 6.45) is 0.0275. The maximum atomic E-state index is 11.4. The molecule has 1 saturated heterocycles. The van der Waals surface area contributed by atoms with E-state index in [4.69, 9.17) is 5.11 Å². The monoisotopic (exact) mass is 250 g/mol. The summed E-state index contributed by atoms with van der Waals surface area (Å²) < 4.78 is 25.2. The van der Waals surface area contributed by atoms with E-state index in [2.05, 4.69) is 10.0 Å². The van der Waals surface area contributed by atoms with E-state index in [1.54, 1.807) is 0 Å². The Morgan fingerprint density at radius 2 is 2.25 bits per heavy atom. The molecule has 3 N–H and O–H groups in total. The molecule has 0 saturated carbocycles. The molecule has 1 rings (SSSR count). The van der Waals surface area contributed by atoms with Gasteiger partial charge in [-0.15, -0.1) is 0 Å². The molecule has 1 aliphatic heterocycles. The Hall–Kier alpha value is -1.15. The van der Waals surface area contributed by atoms with E-state index >= 15 is 0 Å². The highest BCUT2D eigenvalue weighted by Crippen LogP contribution is 2.03. The first-order valence-corrected chi connectivity index (χ1v) is 6.53. The highest BCUT2D eigenvalue weighted by atomic mass is 32.2. The van der Waals surface area contributed by atoms with Gasteiger partial charge in [0.2, 0.25) is 15.9 Å². The Labute approximate surface area is 93.3 Å². The van der Waals surface area contributed by atoms with Crippen LogP contribution in [0.5, 0.6) is 0 Å². The van der Waals surface area contributed by atoms with Crippen LogP contribution in [0.15, 0.2) is 0 Å². The topological polar surface area (TPSA) is 113 Å². The standard InChI is InChI=1S/C8H14N2O5S/c11-7-4-6(5-9-7)10-16(14,15)3-1-2-8(12)13/h6,10H,1-5H2,(H,9,11)(H,12,13). The zero-order valence-electron chi connectivity index (χ0n) is 8.60. The van der Waals surface area contributed by atoms with Gasteiger partial charge in [0.15, 0.2) is 0 Å². The van der Waals surface area contributed by atoms with Gasteiger partial charge < -0.3 is 10.4 Å². The highest BCUT2D eigenvalue weighted by molar-refractivity contribution is 7.89. The molecule has 0 radical (unpaired) electrons. The van der Waals surface area contributed by atoms with Crippen molar-refractivity contribution in [2.45, 2.75) is 25.3 Å². The van der Waals surface area contributed by atoms with Crippen molar-refractivity contribution in [3.8, 4) is 0 Å². The third-order valence-electron chi connectivity index (χ3n) is 2.13. The quantitative estimate of drug-likeness (QED) is 0.540. The molecule has 0 bridgehead atoms. The zero-order valence-corrected chi connectivity index (χ0v) is 9.42. The number of carbonyl (C=O) groups excluding carboxylic acids is 1. The van der Waals surface area contributed by atoms with Crippen molar-refractivity contribution in [3.63, 3.8) is 0 Å². The van der Waals surface area contributed by atoms with Crippen molar-refractivity contribution in [3.05, 3.63) is 0 Å². The van der Waals surface area contributed by atoms with Crippen LogP contribution >= 0.6 is 0 Å². The van der Waals surface area contributed by atoms with Gasteiger partial charge in [-0.25, -0.2) is 13.1 Å². The number of hydrogen-bond donors (Lipinski definition) is 3. The van der Waals surface area contributed by atoms with Gasteiger partial charge in [0.05, 0.1) is 5.75 Å². The van der Waals surface area contributed by atoms with Crippen molar-refractivity contribution in [2.75, 3.05) is 12.3 Å². The molecule has 0 spiro atoms. The molecule has 7 nitrogen and oxygen atoms in total. The summed E-state index contributed by atoms with van der Waals surface area (Å²) in [5, 5.41) is 10.9. The van der Waals surface area contributed by atoms with E-state index in [9.17, 15) is 18.0 Å². The van der Waals surface area contributed by atoms with Crippen molar-refractivity contribution < 1.29 is 23.1 Å². The van der Waals surface area contributed by atoms with Crippen LogP contribution in [0.2, 0.25) is 0 Å². The fourth-order valence-corrected chi connectivity index (χ4v) is 2.73. The second-order valence-corrected chi connectivity index (χ2v) is 5.51. The molecule has 1 atom stereocenters. The lowest BCUT2D eigenvalue weighted by Gasteiger charge is -2.10. The Balaban J connectivity index is 2.34. The normalized spacial score (nSPS) is 20.8. The zero-order chi connectivity index (χ0) is 12.2. The summed E-state index contributed by atoms with van der Waals surface area (Å²) >= 11 is 0. The van der Waals surface area contributed by atoms with Crippen LogP contribution < -0.4 is 10.0 Å². The fraction of sp³-hybridized carbons (Fsp3) is 0.750. The van der Waals surface area contributed by atoms with Crippen LogP contribution in [0.3, 0.4) is 0 Å². The van der Waals surface area contributed by atoms with Crippen LogP contribution in [0, 0.1) is 0 Å². The minimum absolute atomic E-state index is 0.0682. The average molecular weight is 250 g/mol.